The van der Waals surface area contributed by atoms with Crippen LogP contribution < -0.4 is 10.6 Å². The van der Waals surface area contributed by atoms with Crippen molar-refractivity contribution in [1.82, 2.24) is 9.97 Å². The van der Waals surface area contributed by atoms with Crippen LogP contribution in [0.5, 0.6) is 0 Å². The van der Waals surface area contributed by atoms with E-state index >= 15 is 0 Å². The maximum absolute atomic E-state index is 11.6. The fraction of sp³-hybridized carbons (Fsp3) is 0.840. The lowest BCUT2D eigenvalue weighted by Crippen LogP contribution is -2.20. The minimum atomic E-state index is -0.411. The first-order chi connectivity index (χ1) is 16.2. The van der Waals surface area contributed by atoms with Gasteiger partial charge in [-0.15, -0.1) is 0 Å². The third-order valence-electron chi connectivity index (χ3n) is 6.35. The molecule has 2 rings (SSSR count). The number of nitrogens with zero attached hydrogens (tertiary/aromatic N) is 3. The molecule has 1 fully saturated rings. The van der Waals surface area contributed by atoms with Crippen LogP contribution in [0.4, 0.5) is 17.3 Å². The number of hydrogen-bond donors (Lipinski definition) is 2. The summed E-state index contributed by atoms with van der Waals surface area (Å²) in [5, 5.41) is 17.8. The Morgan fingerprint density at radius 2 is 1.45 bits per heavy atom. The topological polar surface area (TPSA) is 102 Å². The van der Waals surface area contributed by atoms with Crippen LogP contribution >= 0.6 is 0 Å². The fourth-order valence-corrected chi connectivity index (χ4v) is 4.35. The molecule has 1 aliphatic heterocycles. The summed E-state index contributed by atoms with van der Waals surface area (Å²) in [5.41, 5.74) is -0.0825. The second-order valence-corrected chi connectivity index (χ2v) is 9.22. The lowest BCUT2D eigenvalue weighted by molar-refractivity contribution is -0.383. The van der Waals surface area contributed by atoms with E-state index in [2.05, 4.69) is 27.5 Å². The van der Waals surface area contributed by atoms with Crippen molar-refractivity contribution in [2.75, 3.05) is 30.3 Å². The third-order valence-corrected chi connectivity index (χ3v) is 6.35. The minimum absolute atomic E-state index is 0.0825. The summed E-state index contributed by atoms with van der Waals surface area (Å²) >= 11 is 0. The minimum Gasteiger partial charge on any atom is -0.376 e. The zero-order valence-electron chi connectivity index (χ0n) is 20.7. The van der Waals surface area contributed by atoms with Gasteiger partial charge in [0.05, 0.1) is 11.0 Å². The summed E-state index contributed by atoms with van der Waals surface area (Å²) in [6.07, 6.45) is 21.8. The van der Waals surface area contributed by atoms with Crippen molar-refractivity contribution in [2.24, 2.45) is 0 Å². The highest BCUT2D eigenvalue weighted by Crippen LogP contribution is 2.29. The van der Waals surface area contributed by atoms with Crippen LogP contribution in [0.15, 0.2) is 6.33 Å². The number of hydrogen-bond acceptors (Lipinski definition) is 7. The summed E-state index contributed by atoms with van der Waals surface area (Å²) < 4.78 is 5.57. The number of anilines is 2. The van der Waals surface area contributed by atoms with Gasteiger partial charge in [0.1, 0.15) is 6.33 Å². The number of nitrogens with one attached hydrogen (secondary N) is 2. The first-order valence-electron chi connectivity index (χ1n) is 13.3. The molecular weight excluding hydrogens is 418 g/mol. The van der Waals surface area contributed by atoms with Gasteiger partial charge < -0.3 is 15.4 Å². The Kier molecular flexibility index (Phi) is 14.5. The van der Waals surface area contributed by atoms with Crippen LogP contribution in [-0.4, -0.2) is 40.7 Å². The van der Waals surface area contributed by atoms with Gasteiger partial charge in [-0.05, 0) is 19.3 Å². The van der Waals surface area contributed by atoms with Crippen molar-refractivity contribution < 1.29 is 9.66 Å². The van der Waals surface area contributed by atoms with Gasteiger partial charge in [-0.3, -0.25) is 10.1 Å². The summed E-state index contributed by atoms with van der Waals surface area (Å²) in [6, 6.07) is 0. The molecule has 0 radical (unpaired) electrons. The molecule has 1 saturated heterocycles. The van der Waals surface area contributed by atoms with Crippen LogP contribution in [0, 0.1) is 10.1 Å². The standard InChI is InChI=1S/C25H45N5O3/c1-2-3-4-5-6-7-8-9-10-11-12-13-14-15-18-26-24-23(30(31)32)25(29-21-28-24)27-20-22-17-16-19-33-22/h21-22H,2-20H2,1H3,(H2,26,27,28,29). The zero-order chi connectivity index (χ0) is 23.6. The van der Waals surface area contributed by atoms with E-state index in [1.54, 1.807) is 0 Å². The maximum atomic E-state index is 11.6. The van der Waals surface area contributed by atoms with Gasteiger partial charge in [0.15, 0.2) is 0 Å². The second-order valence-electron chi connectivity index (χ2n) is 9.22. The Bertz CT molecular complexity index is 653. The average Bonchev–Trinajstić information content (AvgIpc) is 3.34. The molecular formula is C25H45N5O3. The van der Waals surface area contributed by atoms with E-state index in [0.29, 0.717) is 18.9 Å². The lowest BCUT2D eigenvalue weighted by Gasteiger charge is -2.13. The smallest absolute Gasteiger partial charge is 0.353 e. The first kappa shape index (κ1) is 27.3. The number of unbranched alkanes of at least 4 members (excludes halogenated alkanes) is 13. The van der Waals surface area contributed by atoms with Gasteiger partial charge >= 0.3 is 5.69 Å². The van der Waals surface area contributed by atoms with E-state index in [4.69, 9.17) is 4.74 Å². The van der Waals surface area contributed by atoms with E-state index in [1.807, 2.05) is 0 Å². The molecule has 8 heteroatoms. The number of ether oxygens (including phenoxy) is 1. The molecule has 1 atom stereocenters. The predicted molar refractivity (Wildman–Crippen MR) is 135 cm³/mol. The van der Waals surface area contributed by atoms with Gasteiger partial charge in [0.2, 0.25) is 11.6 Å². The van der Waals surface area contributed by atoms with E-state index in [1.165, 1.54) is 83.4 Å². The Morgan fingerprint density at radius 1 is 0.909 bits per heavy atom. The highest BCUT2D eigenvalue weighted by Gasteiger charge is 2.24. The molecule has 1 aliphatic rings. The quantitative estimate of drug-likeness (QED) is 0.124. The molecule has 0 saturated carbocycles. The maximum Gasteiger partial charge on any atom is 0.353 e. The highest BCUT2D eigenvalue weighted by atomic mass is 16.6. The van der Waals surface area contributed by atoms with Crippen molar-refractivity contribution in [1.29, 1.82) is 0 Å². The molecule has 1 aromatic heterocycles. The number of rotatable bonds is 20. The van der Waals surface area contributed by atoms with Gasteiger partial charge in [-0.25, -0.2) is 9.97 Å². The molecule has 0 spiro atoms. The van der Waals surface area contributed by atoms with Crippen molar-refractivity contribution in [3.05, 3.63) is 16.4 Å². The van der Waals surface area contributed by atoms with Gasteiger partial charge in [0, 0.05) is 19.7 Å². The molecule has 8 nitrogen and oxygen atoms in total. The Hall–Kier alpha value is -1.96. The average molecular weight is 464 g/mol. The molecule has 0 bridgehead atoms. The molecule has 33 heavy (non-hydrogen) atoms. The van der Waals surface area contributed by atoms with Crippen LogP contribution in [0.2, 0.25) is 0 Å². The molecule has 2 N–H and O–H groups in total. The third kappa shape index (κ3) is 11.6. The monoisotopic (exact) mass is 463 g/mol. The van der Waals surface area contributed by atoms with Gasteiger partial charge in [-0.1, -0.05) is 90.4 Å². The van der Waals surface area contributed by atoms with E-state index in [-0.39, 0.29) is 17.6 Å². The molecule has 2 heterocycles. The van der Waals surface area contributed by atoms with Gasteiger partial charge in [0.25, 0.3) is 0 Å². The zero-order valence-corrected chi connectivity index (χ0v) is 20.7. The summed E-state index contributed by atoms with van der Waals surface area (Å²) in [6.45, 7) is 4.23. The predicted octanol–water partition coefficient (Wildman–Crippen LogP) is 6.87. The van der Waals surface area contributed by atoms with E-state index in [9.17, 15) is 10.1 Å². The van der Waals surface area contributed by atoms with Crippen LogP contribution in [0.1, 0.15) is 110 Å². The molecule has 0 aliphatic carbocycles. The van der Waals surface area contributed by atoms with Crippen molar-refractivity contribution in [3.8, 4) is 0 Å². The van der Waals surface area contributed by atoms with Crippen LogP contribution in [0.3, 0.4) is 0 Å². The van der Waals surface area contributed by atoms with Crippen molar-refractivity contribution >= 4 is 17.3 Å². The molecule has 0 aromatic carbocycles. The van der Waals surface area contributed by atoms with Crippen molar-refractivity contribution in [2.45, 2.75) is 116 Å². The Labute approximate surface area is 199 Å². The summed E-state index contributed by atoms with van der Waals surface area (Å²) in [4.78, 5) is 19.4. The second kappa shape index (κ2) is 17.5. The fourth-order valence-electron chi connectivity index (χ4n) is 4.35. The first-order valence-corrected chi connectivity index (χ1v) is 13.3. The Morgan fingerprint density at radius 3 is 1.97 bits per heavy atom. The molecule has 188 valence electrons. The number of nitro groups is 1. The molecule has 0 amide bonds. The van der Waals surface area contributed by atoms with E-state index < -0.39 is 4.92 Å². The molecule has 1 unspecified atom stereocenters. The number of aromatic nitrogens is 2. The molecule has 1 aromatic rings. The lowest BCUT2D eigenvalue weighted by atomic mass is 10.0. The largest absolute Gasteiger partial charge is 0.376 e. The van der Waals surface area contributed by atoms with Crippen molar-refractivity contribution in [3.63, 3.8) is 0 Å². The van der Waals surface area contributed by atoms with Crippen LogP contribution in [-0.2, 0) is 4.74 Å². The SMILES string of the molecule is CCCCCCCCCCCCCCCCNc1ncnc(NCC2CCCO2)c1[N+](=O)[O-]. The van der Waals surface area contributed by atoms with Crippen LogP contribution in [0.25, 0.3) is 0 Å². The van der Waals surface area contributed by atoms with Gasteiger partial charge in [-0.2, -0.15) is 0 Å². The van der Waals surface area contributed by atoms with E-state index in [0.717, 1.165) is 32.3 Å². The summed E-state index contributed by atoms with van der Waals surface area (Å²) in [7, 11) is 0. The summed E-state index contributed by atoms with van der Waals surface area (Å²) in [5.74, 6) is 0.550. The normalized spacial score (nSPS) is 15.6. The highest BCUT2D eigenvalue weighted by molar-refractivity contribution is 5.69. The Balaban J connectivity index is 1.53.